The first-order chi connectivity index (χ1) is 9.56. The molecule has 2 rings (SSSR count). The van der Waals surface area contributed by atoms with Gasteiger partial charge in [-0.2, -0.15) is 0 Å². The maximum Gasteiger partial charge on any atom is 0.222 e. The van der Waals surface area contributed by atoms with Crippen LogP contribution in [0.4, 0.5) is 0 Å². The highest BCUT2D eigenvalue weighted by Gasteiger charge is 2.29. The van der Waals surface area contributed by atoms with E-state index in [-0.39, 0.29) is 0 Å². The van der Waals surface area contributed by atoms with Crippen LogP contribution in [0.15, 0.2) is 0 Å². The fourth-order valence-electron chi connectivity index (χ4n) is 3.79. The molecule has 1 aliphatic carbocycles. The van der Waals surface area contributed by atoms with Gasteiger partial charge in [0.25, 0.3) is 0 Å². The van der Waals surface area contributed by atoms with Crippen LogP contribution in [-0.2, 0) is 4.79 Å². The van der Waals surface area contributed by atoms with E-state index in [1.807, 2.05) is 0 Å². The smallest absolute Gasteiger partial charge is 0.222 e. The minimum Gasteiger partial charge on any atom is -0.342 e. The van der Waals surface area contributed by atoms with Crippen LogP contribution in [0.2, 0.25) is 0 Å². The van der Waals surface area contributed by atoms with Gasteiger partial charge in [-0.25, -0.2) is 0 Å². The van der Waals surface area contributed by atoms with E-state index in [4.69, 9.17) is 0 Å². The van der Waals surface area contributed by atoms with Gasteiger partial charge in [-0.1, -0.05) is 26.2 Å². The molecule has 2 fully saturated rings. The molecule has 1 saturated carbocycles. The third-order valence-corrected chi connectivity index (χ3v) is 5.35. The van der Waals surface area contributed by atoms with E-state index < -0.39 is 0 Å². The van der Waals surface area contributed by atoms with Crippen molar-refractivity contribution in [1.82, 2.24) is 9.80 Å². The Morgan fingerprint density at radius 1 is 1.20 bits per heavy atom. The highest BCUT2D eigenvalue weighted by molar-refractivity contribution is 5.76. The minimum absolute atomic E-state index is 0.427. The largest absolute Gasteiger partial charge is 0.342 e. The second kappa shape index (κ2) is 7.44. The lowest BCUT2D eigenvalue weighted by Gasteiger charge is -2.29. The van der Waals surface area contributed by atoms with E-state index >= 15 is 0 Å². The van der Waals surface area contributed by atoms with Crippen molar-refractivity contribution in [2.75, 3.05) is 33.7 Å². The van der Waals surface area contributed by atoms with Gasteiger partial charge >= 0.3 is 0 Å². The molecule has 0 spiro atoms. The average Bonchev–Trinajstić information content (AvgIpc) is 2.88. The molecule has 1 amide bonds. The zero-order valence-electron chi connectivity index (χ0n) is 13.6. The fraction of sp³-hybridized carbons (Fsp3) is 0.941. The number of carbonyl (C=O) groups is 1. The normalized spacial score (nSPS) is 31.0. The lowest BCUT2D eigenvalue weighted by molar-refractivity contribution is -0.132. The van der Waals surface area contributed by atoms with Crippen molar-refractivity contribution in [3.8, 4) is 0 Å². The van der Waals surface area contributed by atoms with Crippen LogP contribution in [-0.4, -0.2) is 49.4 Å². The van der Waals surface area contributed by atoms with Crippen molar-refractivity contribution in [3.05, 3.63) is 0 Å². The monoisotopic (exact) mass is 280 g/mol. The van der Waals surface area contributed by atoms with E-state index in [0.717, 1.165) is 37.9 Å². The Balaban J connectivity index is 1.73. The van der Waals surface area contributed by atoms with E-state index in [1.165, 1.54) is 38.5 Å². The molecule has 3 unspecified atom stereocenters. The zero-order valence-corrected chi connectivity index (χ0v) is 13.6. The van der Waals surface area contributed by atoms with Gasteiger partial charge in [-0.15, -0.1) is 0 Å². The van der Waals surface area contributed by atoms with Crippen LogP contribution in [0.5, 0.6) is 0 Å². The highest BCUT2D eigenvalue weighted by Crippen LogP contribution is 2.33. The first kappa shape index (κ1) is 15.8. The Hall–Kier alpha value is -0.570. The van der Waals surface area contributed by atoms with Gasteiger partial charge in [-0.3, -0.25) is 4.79 Å². The van der Waals surface area contributed by atoms with Gasteiger partial charge in [0.2, 0.25) is 5.91 Å². The number of likely N-dealkylation sites (tertiary alicyclic amines) is 1. The summed E-state index contributed by atoms with van der Waals surface area (Å²) in [5.74, 6) is 2.55. The molecule has 0 bridgehead atoms. The molecule has 1 aliphatic heterocycles. The van der Waals surface area contributed by atoms with Gasteiger partial charge < -0.3 is 9.80 Å². The predicted molar refractivity (Wildman–Crippen MR) is 83.6 cm³/mol. The number of hydrogen-bond acceptors (Lipinski definition) is 2. The lowest BCUT2D eigenvalue weighted by atomic mass is 9.78. The molecule has 1 heterocycles. The molecule has 0 aromatic heterocycles. The van der Waals surface area contributed by atoms with Gasteiger partial charge in [-0.05, 0) is 57.7 Å². The van der Waals surface area contributed by atoms with Crippen LogP contribution in [0.1, 0.15) is 51.9 Å². The van der Waals surface area contributed by atoms with Crippen molar-refractivity contribution < 1.29 is 4.79 Å². The molecule has 1 saturated heterocycles. The summed E-state index contributed by atoms with van der Waals surface area (Å²) in [5, 5.41) is 0. The number of carbonyl (C=O) groups excluding carboxylic acids is 1. The molecule has 20 heavy (non-hydrogen) atoms. The summed E-state index contributed by atoms with van der Waals surface area (Å²) in [5.41, 5.74) is 0. The van der Waals surface area contributed by atoms with E-state index in [9.17, 15) is 4.79 Å². The third kappa shape index (κ3) is 4.47. The Bertz CT molecular complexity index is 316. The molecule has 0 N–H and O–H groups in total. The first-order valence-electron chi connectivity index (χ1n) is 8.48. The number of rotatable bonds is 5. The Morgan fingerprint density at radius 3 is 2.65 bits per heavy atom. The Morgan fingerprint density at radius 2 is 1.95 bits per heavy atom. The topological polar surface area (TPSA) is 23.6 Å². The lowest BCUT2D eigenvalue weighted by Crippen LogP contribution is -2.32. The number of amides is 1. The van der Waals surface area contributed by atoms with Crippen LogP contribution < -0.4 is 0 Å². The molecule has 0 radical (unpaired) electrons. The molecular weight excluding hydrogens is 248 g/mol. The van der Waals surface area contributed by atoms with Crippen molar-refractivity contribution in [2.45, 2.75) is 51.9 Å². The second-order valence-corrected chi connectivity index (χ2v) is 7.31. The van der Waals surface area contributed by atoms with Crippen molar-refractivity contribution in [2.24, 2.45) is 17.8 Å². The number of hydrogen-bond donors (Lipinski definition) is 0. The maximum atomic E-state index is 12.5. The number of nitrogens with zero attached hydrogens (tertiary/aromatic N) is 2. The van der Waals surface area contributed by atoms with Gasteiger partial charge in [0.15, 0.2) is 0 Å². The van der Waals surface area contributed by atoms with E-state index in [0.29, 0.717) is 11.8 Å². The van der Waals surface area contributed by atoms with E-state index in [1.54, 1.807) is 0 Å². The second-order valence-electron chi connectivity index (χ2n) is 7.31. The molecule has 3 atom stereocenters. The summed E-state index contributed by atoms with van der Waals surface area (Å²) >= 11 is 0. The SMILES string of the molecule is CC1CCCCC1CC(=O)N1CCC(CCN(C)C)C1. The van der Waals surface area contributed by atoms with Crippen LogP contribution in [0, 0.1) is 17.8 Å². The summed E-state index contributed by atoms with van der Waals surface area (Å²) in [6.07, 6.45) is 8.53. The molecule has 2 aliphatic rings. The standard InChI is InChI=1S/C17H32N2O/c1-14-6-4-5-7-16(14)12-17(20)19-11-9-15(13-19)8-10-18(2)3/h14-16H,4-13H2,1-3H3. The van der Waals surface area contributed by atoms with Crippen LogP contribution in [0.25, 0.3) is 0 Å². The zero-order chi connectivity index (χ0) is 14.5. The molecular formula is C17H32N2O. The van der Waals surface area contributed by atoms with Crippen molar-refractivity contribution in [1.29, 1.82) is 0 Å². The van der Waals surface area contributed by atoms with E-state index in [2.05, 4.69) is 30.8 Å². The summed E-state index contributed by atoms with van der Waals surface area (Å²) < 4.78 is 0. The summed E-state index contributed by atoms with van der Waals surface area (Å²) in [6.45, 7) is 5.49. The van der Waals surface area contributed by atoms with Crippen LogP contribution in [0.3, 0.4) is 0 Å². The summed E-state index contributed by atoms with van der Waals surface area (Å²) in [6, 6.07) is 0. The first-order valence-corrected chi connectivity index (χ1v) is 8.48. The summed E-state index contributed by atoms with van der Waals surface area (Å²) in [4.78, 5) is 16.8. The van der Waals surface area contributed by atoms with Crippen molar-refractivity contribution in [3.63, 3.8) is 0 Å². The fourth-order valence-corrected chi connectivity index (χ4v) is 3.79. The van der Waals surface area contributed by atoms with Gasteiger partial charge in [0.1, 0.15) is 0 Å². The third-order valence-electron chi connectivity index (χ3n) is 5.35. The average molecular weight is 280 g/mol. The van der Waals surface area contributed by atoms with Crippen molar-refractivity contribution >= 4 is 5.91 Å². The molecule has 3 heteroatoms. The predicted octanol–water partition coefficient (Wildman–Crippen LogP) is 3.00. The molecule has 3 nitrogen and oxygen atoms in total. The molecule has 0 aromatic carbocycles. The highest BCUT2D eigenvalue weighted by atomic mass is 16.2. The molecule has 0 aromatic rings. The Labute approximate surface area is 124 Å². The maximum absolute atomic E-state index is 12.5. The summed E-state index contributed by atoms with van der Waals surface area (Å²) in [7, 11) is 4.25. The Kier molecular flexibility index (Phi) is 5.88. The quantitative estimate of drug-likeness (QED) is 0.773. The van der Waals surface area contributed by atoms with Gasteiger partial charge in [0.05, 0.1) is 0 Å². The minimum atomic E-state index is 0.427. The molecule has 116 valence electrons. The van der Waals surface area contributed by atoms with Gasteiger partial charge in [0, 0.05) is 19.5 Å². The van der Waals surface area contributed by atoms with Crippen LogP contribution >= 0.6 is 0 Å².